The molecule has 1 aromatic heterocycles. The van der Waals surface area contributed by atoms with Gasteiger partial charge in [-0.3, -0.25) is 9.78 Å². The lowest BCUT2D eigenvalue weighted by Gasteiger charge is -2.21. The van der Waals surface area contributed by atoms with Crippen molar-refractivity contribution in [3.63, 3.8) is 0 Å². The number of aromatic nitrogens is 1. The predicted octanol–water partition coefficient (Wildman–Crippen LogP) is 2.75. The predicted molar refractivity (Wildman–Crippen MR) is 81.4 cm³/mol. The zero-order valence-electron chi connectivity index (χ0n) is 11.8. The van der Waals surface area contributed by atoms with Gasteiger partial charge in [-0.05, 0) is 37.9 Å². The van der Waals surface area contributed by atoms with Gasteiger partial charge in [-0.1, -0.05) is 0 Å². The van der Waals surface area contributed by atoms with E-state index in [1.807, 2.05) is 6.92 Å². The SMILES string of the molecule is CC1CC(CN)CN1C(=O)c1ccc(C(F)(F)F)cn1.Cl.Cl. The van der Waals surface area contributed by atoms with Crippen LogP contribution < -0.4 is 5.73 Å². The van der Waals surface area contributed by atoms with Crippen molar-refractivity contribution in [3.05, 3.63) is 29.6 Å². The van der Waals surface area contributed by atoms with Crippen molar-refractivity contribution in [1.29, 1.82) is 0 Å². The van der Waals surface area contributed by atoms with Crippen molar-refractivity contribution in [2.24, 2.45) is 11.7 Å². The summed E-state index contributed by atoms with van der Waals surface area (Å²) in [6, 6.07) is 2.02. The molecule has 2 N–H and O–H groups in total. The number of likely N-dealkylation sites (tertiary alicyclic amines) is 1. The Balaban J connectivity index is 0.00000220. The van der Waals surface area contributed by atoms with Crippen molar-refractivity contribution in [2.75, 3.05) is 13.1 Å². The number of hydrogen-bond donors (Lipinski definition) is 1. The largest absolute Gasteiger partial charge is 0.417 e. The molecule has 1 aliphatic rings. The molecule has 0 spiro atoms. The van der Waals surface area contributed by atoms with Crippen molar-refractivity contribution < 1.29 is 18.0 Å². The monoisotopic (exact) mass is 359 g/mol. The molecular weight excluding hydrogens is 342 g/mol. The van der Waals surface area contributed by atoms with E-state index in [0.717, 1.165) is 18.6 Å². The standard InChI is InChI=1S/C13H16F3N3O.2ClH/c1-8-4-9(5-17)7-19(8)12(20)11-3-2-10(6-18-11)13(14,15)16;;/h2-3,6,8-9H,4-5,7,17H2,1H3;2*1H. The number of halogens is 5. The van der Waals surface area contributed by atoms with Crippen LogP contribution in [0.2, 0.25) is 0 Å². The summed E-state index contributed by atoms with van der Waals surface area (Å²) in [4.78, 5) is 17.5. The topological polar surface area (TPSA) is 59.2 Å². The molecule has 9 heteroatoms. The van der Waals surface area contributed by atoms with Gasteiger partial charge in [-0.2, -0.15) is 13.2 Å². The fourth-order valence-corrected chi connectivity index (χ4v) is 2.43. The van der Waals surface area contributed by atoms with Gasteiger partial charge in [0.25, 0.3) is 5.91 Å². The molecule has 1 amide bonds. The minimum atomic E-state index is -4.44. The van der Waals surface area contributed by atoms with E-state index in [0.29, 0.717) is 19.3 Å². The molecule has 126 valence electrons. The molecule has 2 heterocycles. The average molecular weight is 360 g/mol. The first-order valence-corrected chi connectivity index (χ1v) is 6.37. The van der Waals surface area contributed by atoms with Crippen LogP contribution in [0.1, 0.15) is 29.4 Å². The third-order valence-electron chi connectivity index (χ3n) is 3.57. The molecule has 0 bridgehead atoms. The Hall–Kier alpha value is -1.05. The quantitative estimate of drug-likeness (QED) is 0.882. The molecule has 0 aliphatic carbocycles. The van der Waals surface area contributed by atoms with Gasteiger partial charge < -0.3 is 10.6 Å². The molecular formula is C13H18Cl2F3N3O. The molecule has 1 fully saturated rings. The minimum absolute atomic E-state index is 0. The maximum absolute atomic E-state index is 12.4. The Morgan fingerprint density at radius 1 is 1.41 bits per heavy atom. The molecule has 1 aliphatic heterocycles. The molecule has 4 nitrogen and oxygen atoms in total. The van der Waals surface area contributed by atoms with Gasteiger partial charge in [-0.25, -0.2) is 0 Å². The van der Waals surface area contributed by atoms with Crippen molar-refractivity contribution in [3.8, 4) is 0 Å². The van der Waals surface area contributed by atoms with Gasteiger partial charge >= 0.3 is 6.18 Å². The molecule has 2 atom stereocenters. The second-order valence-corrected chi connectivity index (χ2v) is 5.07. The Morgan fingerprint density at radius 3 is 2.45 bits per heavy atom. The number of amides is 1. The summed E-state index contributed by atoms with van der Waals surface area (Å²) in [5.74, 6) is -0.106. The summed E-state index contributed by atoms with van der Waals surface area (Å²) in [6.45, 7) is 2.92. The first-order chi connectivity index (χ1) is 9.32. The van der Waals surface area contributed by atoms with Crippen molar-refractivity contribution >= 4 is 30.7 Å². The second-order valence-electron chi connectivity index (χ2n) is 5.07. The number of alkyl halides is 3. The van der Waals surface area contributed by atoms with Crippen LogP contribution in [0.15, 0.2) is 18.3 Å². The van der Waals surface area contributed by atoms with Crippen LogP contribution in [0.4, 0.5) is 13.2 Å². The number of carbonyl (C=O) groups excluding carboxylic acids is 1. The van der Waals surface area contributed by atoms with E-state index < -0.39 is 11.7 Å². The van der Waals surface area contributed by atoms with Gasteiger partial charge in [0.05, 0.1) is 5.56 Å². The highest BCUT2D eigenvalue weighted by molar-refractivity contribution is 5.92. The molecule has 1 aromatic rings. The molecule has 0 radical (unpaired) electrons. The zero-order valence-corrected chi connectivity index (χ0v) is 13.5. The number of nitrogens with zero attached hydrogens (tertiary/aromatic N) is 2. The average Bonchev–Trinajstić information content (AvgIpc) is 2.78. The number of nitrogens with two attached hydrogens (primary N) is 1. The highest BCUT2D eigenvalue weighted by Gasteiger charge is 2.34. The smallest absolute Gasteiger partial charge is 0.334 e. The summed E-state index contributed by atoms with van der Waals surface area (Å²) in [7, 11) is 0. The Kier molecular flexibility index (Phi) is 7.61. The first-order valence-electron chi connectivity index (χ1n) is 6.37. The maximum Gasteiger partial charge on any atom is 0.417 e. The number of pyridine rings is 1. The first kappa shape index (κ1) is 20.9. The maximum atomic E-state index is 12.4. The van der Waals surface area contributed by atoms with Crippen LogP contribution in [-0.4, -0.2) is 34.9 Å². The van der Waals surface area contributed by atoms with Crippen molar-refractivity contribution in [1.82, 2.24) is 9.88 Å². The highest BCUT2D eigenvalue weighted by Crippen LogP contribution is 2.29. The second kappa shape index (κ2) is 7.99. The van der Waals surface area contributed by atoms with Crippen molar-refractivity contribution in [2.45, 2.75) is 25.6 Å². The lowest BCUT2D eigenvalue weighted by atomic mass is 10.1. The molecule has 0 aromatic carbocycles. The minimum Gasteiger partial charge on any atom is -0.334 e. The van der Waals surface area contributed by atoms with Crippen LogP contribution in [0.5, 0.6) is 0 Å². The summed E-state index contributed by atoms with van der Waals surface area (Å²) in [6.07, 6.45) is -2.95. The van der Waals surface area contributed by atoms with E-state index in [1.165, 1.54) is 0 Å². The van der Waals surface area contributed by atoms with Crippen LogP contribution >= 0.6 is 24.8 Å². The Bertz CT molecular complexity index is 496. The molecule has 0 saturated carbocycles. The molecule has 22 heavy (non-hydrogen) atoms. The summed E-state index contributed by atoms with van der Waals surface area (Å²) in [5.41, 5.74) is 4.76. The fourth-order valence-electron chi connectivity index (χ4n) is 2.43. The van der Waals surface area contributed by atoms with Gasteiger partial charge in [0.1, 0.15) is 5.69 Å². The summed E-state index contributed by atoms with van der Waals surface area (Å²) < 4.78 is 37.3. The van der Waals surface area contributed by atoms with E-state index in [-0.39, 0.29) is 48.4 Å². The number of rotatable bonds is 2. The number of carbonyl (C=O) groups is 1. The van der Waals surface area contributed by atoms with Crippen LogP contribution in [-0.2, 0) is 6.18 Å². The van der Waals surface area contributed by atoms with Gasteiger partial charge in [0, 0.05) is 18.8 Å². The van der Waals surface area contributed by atoms with E-state index >= 15 is 0 Å². The van der Waals surface area contributed by atoms with E-state index in [1.54, 1.807) is 4.90 Å². The fraction of sp³-hybridized carbons (Fsp3) is 0.538. The molecule has 2 rings (SSSR count). The third kappa shape index (κ3) is 4.47. The Labute approximate surface area is 139 Å². The van der Waals surface area contributed by atoms with E-state index in [2.05, 4.69) is 4.98 Å². The lowest BCUT2D eigenvalue weighted by molar-refractivity contribution is -0.137. The highest BCUT2D eigenvalue weighted by atomic mass is 35.5. The van der Waals surface area contributed by atoms with Crippen LogP contribution in [0.3, 0.4) is 0 Å². The van der Waals surface area contributed by atoms with Crippen LogP contribution in [0.25, 0.3) is 0 Å². The van der Waals surface area contributed by atoms with E-state index in [4.69, 9.17) is 5.73 Å². The molecule has 2 unspecified atom stereocenters. The van der Waals surface area contributed by atoms with Gasteiger partial charge in [0.2, 0.25) is 0 Å². The van der Waals surface area contributed by atoms with Gasteiger partial charge in [0.15, 0.2) is 0 Å². The Morgan fingerprint density at radius 2 is 2.05 bits per heavy atom. The van der Waals surface area contributed by atoms with Gasteiger partial charge in [-0.15, -0.1) is 24.8 Å². The summed E-state index contributed by atoms with van der Waals surface area (Å²) >= 11 is 0. The summed E-state index contributed by atoms with van der Waals surface area (Å²) in [5, 5.41) is 0. The van der Waals surface area contributed by atoms with E-state index in [9.17, 15) is 18.0 Å². The number of hydrogen-bond acceptors (Lipinski definition) is 3. The molecule has 1 saturated heterocycles. The third-order valence-corrected chi connectivity index (χ3v) is 3.57. The normalized spacial score (nSPS) is 21.0. The zero-order chi connectivity index (χ0) is 14.9. The van der Waals surface area contributed by atoms with Crippen LogP contribution in [0, 0.1) is 5.92 Å². The lowest BCUT2D eigenvalue weighted by Crippen LogP contribution is -2.35.